The fourth-order valence-corrected chi connectivity index (χ4v) is 1.41. The second-order valence-corrected chi connectivity index (χ2v) is 4.64. The summed E-state index contributed by atoms with van der Waals surface area (Å²) in [5.74, 6) is -2.10. The number of carboxylic acids is 1. The summed E-state index contributed by atoms with van der Waals surface area (Å²) in [6.07, 6.45) is -0.362. The average molecular weight is 292 g/mol. The molecular formula is C11H20N2O5S. The van der Waals surface area contributed by atoms with E-state index in [4.69, 9.17) is 15.6 Å². The van der Waals surface area contributed by atoms with Crippen LogP contribution < -0.4 is 11.1 Å². The first-order valence-electron chi connectivity index (χ1n) is 5.87. The minimum absolute atomic E-state index is 0.000311. The van der Waals surface area contributed by atoms with E-state index in [-0.39, 0.29) is 24.7 Å². The zero-order valence-corrected chi connectivity index (χ0v) is 11.9. The van der Waals surface area contributed by atoms with Gasteiger partial charge < -0.3 is 20.9 Å². The van der Waals surface area contributed by atoms with E-state index in [0.717, 1.165) is 0 Å². The van der Waals surface area contributed by atoms with Crippen LogP contribution in [-0.4, -0.2) is 46.9 Å². The molecule has 1 amide bonds. The predicted octanol–water partition coefficient (Wildman–Crippen LogP) is -0.455. The van der Waals surface area contributed by atoms with Crippen molar-refractivity contribution in [3.05, 3.63) is 0 Å². The lowest BCUT2D eigenvalue weighted by Gasteiger charge is -2.17. The van der Waals surface area contributed by atoms with Gasteiger partial charge in [-0.25, -0.2) is 4.79 Å². The molecule has 0 aromatic carbocycles. The monoisotopic (exact) mass is 292 g/mol. The van der Waals surface area contributed by atoms with Gasteiger partial charge in [0.15, 0.2) is 0 Å². The van der Waals surface area contributed by atoms with Crippen LogP contribution in [0.1, 0.15) is 26.7 Å². The quantitative estimate of drug-likeness (QED) is 0.355. The van der Waals surface area contributed by atoms with Gasteiger partial charge in [0.05, 0.1) is 6.10 Å². The maximum absolute atomic E-state index is 11.6. The average Bonchev–Trinajstić information content (AvgIpc) is 2.31. The summed E-state index contributed by atoms with van der Waals surface area (Å²) < 4.78 is 4.95. The molecular weight excluding hydrogens is 272 g/mol. The van der Waals surface area contributed by atoms with Crippen molar-refractivity contribution in [1.82, 2.24) is 5.32 Å². The lowest BCUT2D eigenvalue weighted by atomic mass is 10.1. The number of ether oxygens (including phenoxy) is 1. The molecule has 7 nitrogen and oxygen atoms in total. The van der Waals surface area contributed by atoms with Crippen molar-refractivity contribution < 1.29 is 24.2 Å². The first-order chi connectivity index (χ1) is 8.77. The Labute approximate surface area is 117 Å². The molecule has 0 radical (unpaired) electrons. The zero-order valence-electron chi connectivity index (χ0n) is 11.0. The molecule has 0 aliphatic carbocycles. The Bertz CT molecular complexity index is 335. The van der Waals surface area contributed by atoms with Crippen molar-refractivity contribution >= 4 is 30.5 Å². The molecule has 19 heavy (non-hydrogen) atoms. The van der Waals surface area contributed by atoms with Crippen LogP contribution in [-0.2, 0) is 19.1 Å². The number of aliphatic carboxylic acids is 1. The number of nitrogens with one attached hydrogen (secondary N) is 1. The highest BCUT2D eigenvalue weighted by atomic mass is 32.1. The summed E-state index contributed by atoms with van der Waals surface area (Å²) in [5, 5.41) is 11.0. The van der Waals surface area contributed by atoms with Gasteiger partial charge in [-0.1, -0.05) is 0 Å². The second-order valence-electron chi connectivity index (χ2n) is 4.27. The molecule has 8 heteroatoms. The van der Waals surface area contributed by atoms with Gasteiger partial charge in [-0.15, -0.1) is 0 Å². The highest BCUT2D eigenvalue weighted by Crippen LogP contribution is 2.00. The van der Waals surface area contributed by atoms with Crippen molar-refractivity contribution in [2.75, 3.05) is 5.75 Å². The van der Waals surface area contributed by atoms with Crippen molar-refractivity contribution in [1.29, 1.82) is 0 Å². The van der Waals surface area contributed by atoms with E-state index in [0.29, 0.717) is 0 Å². The van der Waals surface area contributed by atoms with E-state index in [1.165, 1.54) is 0 Å². The molecule has 110 valence electrons. The van der Waals surface area contributed by atoms with Crippen LogP contribution in [0.25, 0.3) is 0 Å². The van der Waals surface area contributed by atoms with Gasteiger partial charge in [0.2, 0.25) is 5.91 Å². The molecule has 0 aliphatic heterocycles. The number of hydrogen-bond donors (Lipinski definition) is 4. The molecule has 0 spiro atoms. The van der Waals surface area contributed by atoms with Crippen LogP contribution >= 0.6 is 12.6 Å². The lowest BCUT2D eigenvalue weighted by molar-refractivity contribution is -0.150. The molecule has 0 saturated carbocycles. The van der Waals surface area contributed by atoms with Crippen LogP contribution in [0.4, 0.5) is 0 Å². The van der Waals surface area contributed by atoms with Crippen molar-refractivity contribution in [3.8, 4) is 0 Å². The van der Waals surface area contributed by atoms with Gasteiger partial charge in [0.25, 0.3) is 0 Å². The number of rotatable bonds is 8. The largest absolute Gasteiger partial charge is 0.480 e. The number of thiol groups is 1. The van der Waals surface area contributed by atoms with Crippen molar-refractivity contribution in [2.24, 2.45) is 5.73 Å². The van der Waals surface area contributed by atoms with E-state index in [9.17, 15) is 14.4 Å². The molecule has 0 rings (SSSR count). The Hall–Kier alpha value is -1.28. The molecule has 0 aliphatic rings. The summed E-state index contributed by atoms with van der Waals surface area (Å²) in [5.41, 5.74) is 5.27. The molecule has 0 unspecified atom stereocenters. The molecule has 0 saturated heterocycles. The van der Waals surface area contributed by atoms with Gasteiger partial charge in [-0.05, 0) is 20.3 Å². The summed E-state index contributed by atoms with van der Waals surface area (Å²) in [7, 11) is 0. The summed E-state index contributed by atoms with van der Waals surface area (Å²) >= 11 is 3.96. The molecule has 0 aromatic rings. The number of carbonyl (C=O) groups excluding carboxylic acids is 2. The first kappa shape index (κ1) is 17.7. The highest BCUT2D eigenvalue weighted by Gasteiger charge is 2.22. The third kappa shape index (κ3) is 7.68. The van der Waals surface area contributed by atoms with E-state index in [1.54, 1.807) is 13.8 Å². The van der Waals surface area contributed by atoms with E-state index >= 15 is 0 Å². The second kappa shape index (κ2) is 8.76. The van der Waals surface area contributed by atoms with Crippen LogP contribution in [0.3, 0.4) is 0 Å². The minimum atomic E-state index is -1.17. The van der Waals surface area contributed by atoms with Crippen LogP contribution in [0.2, 0.25) is 0 Å². The molecule has 0 aromatic heterocycles. The van der Waals surface area contributed by atoms with Gasteiger partial charge in [0.1, 0.15) is 12.1 Å². The molecule has 0 bridgehead atoms. The van der Waals surface area contributed by atoms with Gasteiger partial charge >= 0.3 is 11.9 Å². The normalized spacial score (nSPS) is 13.7. The Morgan fingerprint density at radius 3 is 2.37 bits per heavy atom. The Morgan fingerprint density at radius 2 is 1.95 bits per heavy atom. The van der Waals surface area contributed by atoms with E-state index < -0.39 is 29.9 Å². The zero-order chi connectivity index (χ0) is 15.0. The van der Waals surface area contributed by atoms with E-state index in [2.05, 4.69) is 17.9 Å². The predicted molar refractivity (Wildman–Crippen MR) is 71.9 cm³/mol. The van der Waals surface area contributed by atoms with Crippen LogP contribution in [0, 0.1) is 0 Å². The standard InChI is InChI=1S/C11H20N2O5S/c1-6(2)18-11(17)8(5-19)13-9(14)4-3-7(12)10(15)16/h6-8,19H,3-5,12H2,1-2H3,(H,13,14)(H,15,16)/t7-,8-/m0/s1. The topological polar surface area (TPSA) is 119 Å². The molecule has 4 N–H and O–H groups in total. The van der Waals surface area contributed by atoms with Crippen LogP contribution in [0.15, 0.2) is 0 Å². The molecule has 0 fully saturated rings. The van der Waals surface area contributed by atoms with E-state index in [1.807, 2.05) is 0 Å². The maximum atomic E-state index is 11.6. The highest BCUT2D eigenvalue weighted by molar-refractivity contribution is 7.80. The Kier molecular flexibility index (Phi) is 8.17. The molecule has 0 heterocycles. The van der Waals surface area contributed by atoms with Gasteiger partial charge in [-0.3, -0.25) is 9.59 Å². The Balaban J connectivity index is 4.20. The van der Waals surface area contributed by atoms with Crippen LogP contribution in [0.5, 0.6) is 0 Å². The van der Waals surface area contributed by atoms with Crippen molar-refractivity contribution in [2.45, 2.75) is 44.9 Å². The number of esters is 1. The first-order valence-corrected chi connectivity index (χ1v) is 6.50. The lowest BCUT2D eigenvalue weighted by Crippen LogP contribution is -2.44. The Morgan fingerprint density at radius 1 is 1.37 bits per heavy atom. The minimum Gasteiger partial charge on any atom is -0.480 e. The SMILES string of the molecule is CC(C)OC(=O)[C@H](CS)NC(=O)CC[C@H](N)C(=O)O. The number of carbonyl (C=O) groups is 3. The summed E-state index contributed by atoms with van der Waals surface area (Å²) in [6.45, 7) is 3.39. The van der Waals surface area contributed by atoms with Gasteiger partial charge in [-0.2, -0.15) is 12.6 Å². The maximum Gasteiger partial charge on any atom is 0.329 e. The number of carboxylic acid groups (broad SMARTS) is 1. The summed E-state index contributed by atoms with van der Waals surface area (Å²) in [4.78, 5) is 33.6. The number of nitrogens with two attached hydrogens (primary N) is 1. The summed E-state index contributed by atoms with van der Waals surface area (Å²) in [6, 6.07) is -1.94. The number of amides is 1. The smallest absolute Gasteiger partial charge is 0.329 e. The molecule has 2 atom stereocenters. The fraction of sp³-hybridized carbons (Fsp3) is 0.727. The fourth-order valence-electron chi connectivity index (χ4n) is 1.17. The van der Waals surface area contributed by atoms with Crippen molar-refractivity contribution in [3.63, 3.8) is 0 Å². The third-order valence-corrected chi connectivity index (χ3v) is 2.52. The third-order valence-electron chi connectivity index (χ3n) is 2.15. The van der Waals surface area contributed by atoms with Gasteiger partial charge in [0, 0.05) is 12.2 Å². The number of hydrogen-bond acceptors (Lipinski definition) is 6.